The zero-order chi connectivity index (χ0) is 17.1. The molecular formula is C19H21N3O2. The van der Waals surface area contributed by atoms with Crippen molar-refractivity contribution in [3.63, 3.8) is 0 Å². The molecule has 0 unspecified atom stereocenters. The second-order valence-electron chi connectivity index (χ2n) is 5.86. The fourth-order valence-electron chi connectivity index (χ4n) is 2.75. The summed E-state index contributed by atoms with van der Waals surface area (Å²) in [5.41, 5.74) is 4.03. The van der Waals surface area contributed by atoms with Gasteiger partial charge in [-0.05, 0) is 37.1 Å². The van der Waals surface area contributed by atoms with Gasteiger partial charge in [0.15, 0.2) is 6.61 Å². The molecule has 5 nitrogen and oxygen atoms in total. The van der Waals surface area contributed by atoms with Gasteiger partial charge in [0.05, 0.1) is 17.6 Å². The molecule has 1 heterocycles. The van der Waals surface area contributed by atoms with E-state index in [4.69, 9.17) is 4.74 Å². The maximum atomic E-state index is 12.1. The molecule has 1 amide bonds. The van der Waals surface area contributed by atoms with Gasteiger partial charge in [0.2, 0.25) is 0 Å². The van der Waals surface area contributed by atoms with E-state index in [-0.39, 0.29) is 12.5 Å². The van der Waals surface area contributed by atoms with E-state index in [0.29, 0.717) is 6.54 Å². The van der Waals surface area contributed by atoms with Crippen LogP contribution in [0.2, 0.25) is 0 Å². The van der Waals surface area contributed by atoms with Crippen LogP contribution in [0.5, 0.6) is 5.75 Å². The molecule has 0 aliphatic heterocycles. The highest BCUT2D eigenvalue weighted by molar-refractivity contribution is 5.78. The Hall–Kier alpha value is -2.82. The lowest BCUT2D eigenvalue weighted by Crippen LogP contribution is -2.29. The maximum absolute atomic E-state index is 12.1. The number of aryl methyl sites for hydroxylation is 3. The first-order chi connectivity index (χ1) is 11.6. The van der Waals surface area contributed by atoms with Crippen LogP contribution in [0.25, 0.3) is 11.0 Å². The summed E-state index contributed by atoms with van der Waals surface area (Å²) in [6.07, 6.45) is 0. The Kier molecular flexibility index (Phi) is 4.51. The molecule has 1 N–H and O–H groups in total. The van der Waals surface area contributed by atoms with Crippen LogP contribution < -0.4 is 10.1 Å². The average Bonchev–Trinajstić information content (AvgIpc) is 2.89. The number of hydrogen-bond donors (Lipinski definition) is 1. The highest BCUT2D eigenvalue weighted by Gasteiger charge is 2.10. The van der Waals surface area contributed by atoms with Crippen molar-refractivity contribution in [3.05, 3.63) is 59.4 Å². The van der Waals surface area contributed by atoms with Crippen molar-refractivity contribution in [2.75, 3.05) is 6.61 Å². The molecule has 0 atom stereocenters. The minimum absolute atomic E-state index is 0.00433. The van der Waals surface area contributed by atoms with Crippen molar-refractivity contribution in [1.29, 1.82) is 0 Å². The molecule has 0 aliphatic rings. The maximum Gasteiger partial charge on any atom is 0.258 e. The topological polar surface area (TPSA) is 56.1 Å². The van der Waals surface area contributed by atoms with Crippen LogP contribution in [-0.2, 0) is 18.4 Å². The average molecular weight is 323 g/mol. The smallest absolute Gasteiger partial charge is 0.258 e. The third-order valence-electron chi connectivity index (χ3n) is 4.08. The van der Waals surface area contributed by atoms with Crippen molar-refractivity contribution < 1.29 is 9.53 Å². The summed E-state index contributed by atoms with van der Waals surface area (Å²) in [4.78, 5) is 16.6. The SMILES string of the molecule is Cc1cccc(C)c1OCC(=O)NCc1nc2ccccc2n1C. The fraction of sp³-hybridized carbons (Fsp3) is 0.263. The summed E-state index contributed by atoms with van der Waals surface area (Å²) in [5, 5.41) is 2.86. The number of benzene rings is 2. The molecule has 1 aromatic heterocycles. The first-order valence-corrected chi connectivity index (χ1v) is 7.92. The third-order valence-corrected chi connectivity index (χ3v) is 4.08. The first kappa shape index (κ1) is 16.1. The number of rotatable bonds is 5. The third kappa shape index (κ3) is 3.25. The largest absolute Gasteiger partial charge is 0.483 e. The van der Waals surface area contributed by atoms with Crippen molar-refractivity contribution in [2.45, 2.75) is 20.4 Å². The van der Waals surface area contributed by atoms with Crippen molar-refractivity contribution in [2.24, 2.45) is 7.05 Å². The van der Waals surface area contributed by atoms with E-state index >= 15 is 0 Å². The minimum Gasteiger partial charge on any atom is -0.483 e. The number of aromatic nitrogens is 2. The van der Waals surface area contributed by atoms with E-state index in [1.165, 1.54) is 0 Å². The van der Waals surface area contributed by atoms with Crippen LogP contribution in [-0.4, -0.2) is 22.1 Å². The molecule has 124 valence electrons. The normalized spacial score (nSPS) is 10.8. The highest BCUT2D eigenvalue weighted by Crippen LogP contribution is 2.22. The molecule has 3 aromatic rings. The number of hydrogen-bond acceptors (Lipinski definition) is 3. The van der Waals surface area contributed by atoms with Gasteiger partial charge in [-0.3, -0.25) is 4.79 Å². The summed E-state index contributed by atoms with van der Waals surface area (Å²) in [6, 6.07) is 13.8. The number of ether oxygens (including phenoxy) is 1. The van der Waals surface area contributed by atoms with Crippen molar-refractivity contribution >= 4 is 16.9 Å². The van der Waals surface area contributed by atoms with Crippen LogP contribution in [0.15, 0.2) is 42.5 Å². The summed E-state index contributed by atoms with van der Waals surface area (Å²) >= 11 is 0. The summed E-state index contributed by atoms with van der Waals surface area (Å²) in [7, 11) is 1.95. The Bertz CT molecular complexity index is 863. The standard InChI is InChI=1S/C19H21N3O2/c1-13-7-6-8-14(2)19(13)24-12-18(23)20-11-17-21-15-9-4-5-10-16(15)22(17)3/h4-10H,11-12H2,1-3H3,(H,20,23). The molecule has 5 heteroatoms. The lowest BCUT2D eigenvalue weighted by molar-refractivity contribution is -0.123. The Balaban J connectivity index is 1.60. The minimum atomic E-state index is -0.162. The Morgan fingerprint density at radius 1 is 1.12 bits per heavy atom. The predicted molar refractivity (Wildman–Crippen MR) is 94.0 cm³/mol. The summed E-state index contributed by atoms with van der Waals surface area (Å²) in [6.45, 7) is 4.31. The molecule has 2 aromatic carbocycles. The Labute approximate surface area is 141 Å². The fourth-order valence-corrected chi connectivity index (χ4v) is 2.75. The van der Waals surface area contributed by atoms with E-state index in [1.807, 2.05) is 67.9 Å². The van der Waals surface area contributed by atoms with Crippen LogP contribution in [0.3, 0.4) is 0 Å². The van der Waals surface area contributed by atoms with Gasteiger partial charge in [-0.2, -0.15) is 0 Å². The number of para-hydroxylation sites is 3. The second-order valence-corrected chi connectivity index (χ2v) is 5.86. The summed E-state index contributed by atoms with van der Waals surface area (Å²) < 4.78 is 7.66. The van der Waals surface area contributed by atoms with E-state index in [1.54, 1.807) is 0 Å². The van der Waals surface area contributed by atoms with Crippen LogP contribution in [0, 0.1) is 13.8 Å². The van der Waals surface area contributed by atoms with Gasteiger partial charge in [0.1, 0.15) is 11.6 Å². The van der Waals surface area contributed by atoms with Crippen LogP contribution in [0.1, 0.15) is 17.0 Å². The number of nitrogens with one attached hydrogen (secondary N) is 1. The second kappa shape index (κ2) is 6.74. The van der Waals surface area contributed by atoms with Gasteiger partial charge in [0, 0.05) is 7.05 Å². The molecule has 3 rings (SSSR count). The molecule has 0 radical (unpaired) electrons. The lowest BCUT2D eigenvalue weighted by atomic mass is 10.1. The van der Waals surface area contributed by atoms with Gasteiger partial charge in [-0.25, -0.2) is 4.98 Å². The van der Waals surface area contributed by atoms with Gasteiger partial charge in [0.25, 0.3) is 5.91 Å². The van der Waals surface area contributed by atoms with Crippen molar-refractivity contribution in [1.82, 2.24) is 14.9 Å². The van der Waals surface area contributed by atoms with Gasteiger partial charge in [-0.15, -0.1) is 0 Å². The number of imidazole rings is 1. The highest BCUT2D eigenvalue weighted by atomic mass is 16.5. The zero-order valence-corrected chi connectivity index (χ0v) is 14.2. The van der Waals surface area contributed by atoms with Crippen LogP contribution >= 0.6 is 0 Å². The van der Waals surface area contributed by atoms with Crippen LogP contribution in [0.4, 0.5) is 0 Å². The van der Waals surface area contributed by atoms with Gasteiger partial charge in [-0.1, -0.05) is 30.3 Å². The number of nitrogens with zero attached hydrogens (tertiary/aromatic N) is 2. The summed E-state index contributed by atoms with van der Waals surface area (Å²) in [5.74, 6) is 1.43. The molecule has 0 fully saturated rings. The Morgan fingerprint density at radius 3 is 2.54 bits per heavy atom. The van der Waals surface area contributed by atoms with E-state index < -0.39 is 0 Å². The number of carbonyl (C=O) groups is 1. The zero-order valence-electron chi connectivity index (χ0n) is 14.2. The molecule has 0 aliphatic carbocycles. The quantitative estimate of drug-likeness (QED) is 0.785. The molecular weight excluding hydrogens is 302 g/mol. The number of fused-ring (bicyclic) bond motifs is 1. The van der Waals surface area contributed by atoms with E-state index in [0.717, 1.165) is 33.7 Å². The lowest BCUT2D eigenvalue weighted by Gasteiger charge is -2.12. The number of amides is 1. The predicted octanol–water partition coefficient (Wildman–Crippen LogP) is 2.89. The first-order valence-electron chi connectivity index (χ1n) is 7.92. The molecule has 0 saturated heterocycles. The van der Waals surface area contributed by atoms with Gasteiger partial charge < -0.3 is 14.6 Å². The van der Waals surface area contributed by atoms with Gasteiger partial charge >= 0.3 is 0 Å². The Morgan fingerprint density at radius 2 is 1.83 bits per heavy atom. The molecule has 0 bridgehead atoms. The van der Waals surface area contributed by atoms with E-state index in [9.17, 15) is 4.79 Å². The van der Waals surface area contributed by atoms with E-state index in [2.05, 4.69) is 10.3 Å². The molecule has 0 saturated carbocycles. The molecule has 0 spiro atoms. The van der Waals surface area contributed by atoms with Crippen molar-refractivity contribution in [3.8, 4) is 5.75 Å². The monoisotopic (exact) mass is 323 g/mol. The molecule has 24 heavy (non-hydrogen) atoms. The number of carbonyl (C=O) groups excluding carboxylic acids is 1.